The van der Waals surface area contributed by atoms with E-state index in [4.69, 9.17) is 16.3 Å². The van der Waals surface area contributed by atoms with Crippen LogP contribution in [0.3, 0.4) is 0 Å². The van der Waals surface area contributed by atoms with Gasteiger partial charge >= 0.3 is 5.97 Å². The number of esters is 1. The van der Waals surface area contributed by atoms with E-state index in [2.05, 4.69) is 26.2 Å². The molecule has 0 aliphatic rings. The first-order chi connectivity index (χ1) is 12.0. The predicted octanol–water partition coefficient (Wildman–Crippen LogP) is 4.23. The van der Waals surface area contributed by atoms with Gasteiger partial charge in [0.25, 0.3) is 5.91 Å². The zero-order valence-corrected chi connectivity index (χ0v) is 15.5. The van der Waals surface area contributed by atoms with Gasteiger partial charge in [-0.15, -0.1) is 0 Å². The highest BCUT2D eigenvalue weighted by atomic mass is 79.9. The molecule has 1 atom stereocenters. The van der Waals surface area contributed by atoms with E-state index in [1.807, 2.05) is 24.3 Å². The molecule has 0 bridgehead atoms. The van der Waals surface area contributed by atoms with Crippen molar-refractivity contribution in [2.24, 2.45) is 0 Å². The molecule has 7 heteroatoms. The third-order valence-corrected chi connectivity index (χ3v) is 4.71. The van der Waals surface area contributed by atoms with Crippen LogP contribution in [0, 0.1) is 0 Å². The van der Waals surface area contributed by atoms with E-state index < -0.39 is 17.9 Å². The first kappa shape index (κ1) is 17.5. The number of rotatable bonds is 4. The summed E-state index contributed by atoms with van der Waals surface area (Å²) < 4.78 is 5.68. The standard InChI is InChI=1S/C18H14BrClN2O3/c1-25-18(24)15(10-6-8-11(19)9-7-10)22-17(23)16-14(20)12-4-2-3-5-13(12)21-16/h2-9,15,21H,1H3,(H,22,23). The van der Waals surface area contributed by atoms with E-state index in [0.29, 0.717) is 10.6 Å². The van der Waals surface area contributed by atoms with Gasteiger partial charge in [-0.25, -0.2) is 4.79 Å². The molecule has 5 nitrogen and oxygen atoms in total. The summed E-state index contributed by atoms with van der Waals surface area (Å²) in [6.45, 7) is 0. The number of hydrogen-bond acceptors (Lipinski definition) is 3. The molecule has 0 aliphatic carbocycles. The maximum Gasteiger partial charge on any atom is 0.333 e. The molecule has 1 aromatic heterocycles. The number of H-pyrrole nitrogens is 1. The topological polar surface area (TPSA) is 71.2 Å². The third kappa shape index (κ3) is 3.55. The SMILES string of the molecule is COC(=O)C(NC(=O)c1[nH]c2ccccc2c1Cl)c1ccc(Br)cc1. The van der Waals surface area contributed by atoms with Gasteiger partial charge in [0.2, 0.25) is 0 Å². The van der Waals surface area contributed by atoms with Crippen LogP contribution in [0.25, 0.3) is 10.9 Å². The van der Waals surface area contributed by atoms with Gasteiger partial charge in [0.1, 0.15) is 5.69 Å². The molecular weight excluding hydrogens is 408 g/mol. The summed E-state index contributed by atoms with van der Waals surface area (Å²) in [5.41, 5.74) is 1.56. The second-order valence-corrected chi connectivity index (χ2v) is 6.63. The van der Waals surface area contributed by atoms with Crippen molar-refractivity contribution in [2.75, 3.05) is 7.11 Å². The highest BCUT2D eigenvalue weighted by Gasteiger charge is 2.26. The number of ether oxygens (including phenoxy) is 1. The summed E-state index contributed by atoms with van der Waals surface area (Å²) in [6.07, 6.45) is 0. The van der Waals surface area contributed by atoms with Gasteiger partial charge in [-0.2, -0.15) is 0 Å². The Morgan fingerprint density at radius 2 is 1.84 bits per heavy atom. The number of fused-ring (bicyclic) bond motifs is 1. The molecule has 2 N–H and O–H groups in total. The maximum absolute atomic E-state index is 12.7. The van der Waals surface area contributed by atoms with Crippen molar-refractivity contribution in [1.29, 1.82) is 0 Å². The van der Waals surface area contributed by atoms with E-state index in [1.165, 1.54) is 7.11 Å². The third-order valence-electron chi connectivity index (χ3n) is 3.79. The van der Waals surface area contributed by atoms with Crippen LogP contribution in [0.15, 0.2) is 53.0 Å². The number of benzene rings is 2. The molecule has 0 radical (unpaired) electrons. The Morgan fingerprint density at radius 3 is 2.48 bits per heavy atom. The van der Waals surface area contributed by atoms with Crippen LogP contribution >= 0.6 is 27.5 Å². The van der Waals surface area contributed by atoms with Crippen molar-refractivity contribution in [2.45, 2.75) is 6.04 Å². The minimum atomic E-state index is -0.937. The quantitative estimate of drug-likeness (QED) is 0.619. The fraction of sp³-hybridized carbons (Fsp3) is 0.111. The summed E-state index contributed by atoms with van der Waals surface area (Å²) in [4.78, 5) is 27.8. The number of aromatic nitrogens is 1. The van der Waals surface area contributed by atoms with E-state index in [9.17, 15) is 9.59 Å². The van der Waals surface area contributed by atoms with Gasteiger partial charge in [0.05, 0.1) is 12.1 Å². The zero-order chi connectivity index (χ0) is 18.0. The van der Waals surface area contributed by atoms with Crippen molar-refractivity contribution in [3.63, 3.8) is 0 Å². The van der Waals surface area contributed by atoms with Crippen molar-refractivity contribution >= 4 is 50.3 Å². The molecule has 128 valence electrons. The Kier molecular flexibility index (Phi) is 5.11. The molecule has 1 heterocycles. The van der Waals surface area contributed by atoms with E-state index in [0.717, 1.165) is 15.4 Å². The monoisotopic (exact) mass is 420 g/mol. The Hall–Kier alpha value is -2.31. The van der Waals surface area contributed by atoms with Gasteiger partial charge in [0.15, 0.2) is 6.04 Å². The van der Waals surface area contributed by atoms with Gasteiger partial charge in [-0.3, -0.25) is 4.79 Å². The minimum absolute atomic E-state index is 0.203. The number of methoxy groups -OCH3 is 1. The van der Waals surface area contributed by atoms with E-state index in [1.54, 1.807) is 24.3 Å². The fourth-order valence-electron chi connectivity index (χ4n) is 2.52. The van der Waals surface area contributed by atoms with Crippen molar-refractivity contribution in [3.8, 4) is 0 Å². The number of nitrogens with one attached hydrogen (secondary N) is 2. The largest absolute Gasteiger partial charge is 0.467 e. The van der Waals surface area contributed by atoms with Crippen molar-refractivity contribution in [1.82, 2.24) is 10.3 Å². The lowest BCUT2D eigenvalue weighted by atomic mass is 10.1. The van der Waals surface area contributed by atoms with Crippen LogP contribution < -0.4 is 5.32 Å². The molecule has 3 rings (SSSR count). The number of para-hydroxylation sites is 1. The van der Waals surface area contributed by atoms with Gasteiger partial charge < -0.3 is 15.0 Å². The van der Waals surface area contributed by atoms with Crippen LogP contribution in [0.1, 0.15) is 22.1 Å². The Morgan fingerprint density at radius 1 is 1.16 bits per heavy atom. The second kappa shape index (κ2) is 7.29. The van der Waals surface area contributed by atoms with Crippen LogP contribution in [-0.4, -0.2) is 24.0 Å². The number of hydrogen-bond donors (Lipinski definition) is 2. The maximum atomic E-state index is 12.7. The summed E-state index contributed by atoms with van der Waals surface area (Å²) in [7, 11) is 1.27. The predicted molar refractivity (Wildman–Crippen MR) is 99.7 cm³/mol. The molecule has 2 aromatic carbocycles. The molecule has 0 spiro atoms. The molecule has 0 saturated heterocycles. The summed E-state index contributed by atoms with van der Waals surface area (Å²) in [5.74, 6) is -1.05. The number of amides is 1. The molecule has 0 aliphatic heterocycles. The molecule has 0 fully saturated rings. The molecule has 1 unspecified atom stereocenters. The molecule has 3 aromatic rings. The highest BCUT2D eigenvalue weighted by molar-refractivity contribution is 9.10. The summed E-state index contributed by atoms with van der Waals surface area (Å²) >= 11 is 9.64. The first-order valence-electron chi connectivity index (χ1n) is 7.41. The normalized spacial score (nSPS) is 12.0. The van der Waals surface area contributed by atoms with Crippen LogP contribution in [-0.2, 0) is 9.53 Å². The fourth-order valence-corrected chi connectivity index (χ4v) is 3.08. The number of carbonyl (C=O) groups excluding carboxylic acids is 2. The first-order valence-corrected chi connectivity index (χ1v) is 8.58. The molecule has 25 heavy (non-hydrogen) atoms. The lowest BCUT2D eigenvalue weighted by Gasteiger charge is -2.16. The summed E-state index contributed by atoms with van der Waals surface area (Å²) in [5, 5.41) is 3.73. The average Bonchev–Trinajstić information content (AvgIpc) is 2.97. The van der Waals surface area contributed by atoms with Gasteiger partial charge in [-0.1, -0.05) is 57.9 Å². The van der Waals surface area contributed by atoms with Crippen molar-refractivity contribution < 1.29 is 14.3 Å². The van der Waals surface area contributed by atoms with Crippen LogP contribution in [0.4, 0.5) is 0 Å². The lowest BCUT2D eigenvalue weighted by Crippen LogP contribution is -2.34. The number of aromatic amines is 1. The highest BCUT2D eigenvalue weighted by Crippen LogP contribution is 2.28. The Labute approximate surface area is 157 Å². The second-order valence-electron chi connectivity index (χ2n) is 5.34. The van der Waals surface area contributed by atoms with Gasteiger partial charge in [-0.05, 0) is 23.8 Å². The Balaban J connectivity index is 1.93. The molecular formula is C18H14BrClN2O3. The van der Waals surface area contributed by atoms with Gasteiger partial charge in [0, 0.05) is 15.4 Å². The zero-order valence-electron chi connectivity index (χ0n) is 13.2. The smallest absolute Gasteiger partial charge is 0.333 e. The van der Waals surface area contributed by atoms with Crippen LogP contribution in [0.5, 0.6) is 0 Å². The molecule has 0 saturated carbocycles. The minimum Gasteiger partial charge on any atom is -0.467 e. The van der Waals surface area contributed by atoms with E-state index >= 15 is 0 Å². The lowest BCUT2D eigenvalue weighted by molar-refractivity contribution is -0.143. The van der Waals surface area contributed by atoms with E-state index in [-0.39, 0.29) is 5.69 Å². The number of halogens is 2. The summed E-state index contributed by atoms with van der Waals surface area (Å²) in [6, 6.07) is 13.4. The average molecular weight is 422 g/mol. The number of carbonyl (C=O) groups is 2. The van der Waals surface area contributed by atoms with Crippen LogP contribution in [0.2, 0.25) is 5.02 Å². The van der Waals surface area contributed by atoms with Crippen molar-refractivity contribution in [3.05, 3.63) is 69.3 Å². The molecule has 1 amide bonds. The Bertz CT molecular complexity index is 937.